The molecule has 0 spiro atoms. The normalized spacial score (nSPS) is 19.6. The Labute approximate surface area is 131 Å². The van der Waals surface area contributed by atoms with Gasteiger partial charge >= 0.3 is 0 Å². The van der Waals surface area contributed by atoms with Gasteiger partial charge in [-0.1, -0.05) is 13.8 Å². The van der Waals surface area contributed by atoms with Gasteiger partial charge in [0.15, 0.2) is 0 Å². The Balaban J connectivity index is 2.01. The summed E-state index contributed by atoms with van der Waals surface area (Å²) in [4.78, 5) is 14.1. The monoisotopic (exact) mass is 328 g/mol. The van der Waals surface area contributed by atoms with E-state index in [0.717, 1.165) is 25.0 Å². The number of piperidine rings is 1. The van der Waals surface area contributed by atoms with Crippen LogP contribution in [0.3, 0.4) is 0 Å². The second-order valence-corrected chi connectivity index (χ2v) is 8.12. The number of hydrogen-bond acceptors (Lipinski definition) is 4. The van der Waals surface area contributed by atoms with Crippen LogP contribution in [0.25, 0.3) is 0 Å². The van der Waals surface area contributed by atoms with Gasteiger partial charge in [0.1, 0.15) is 5.69 Å². The highest BCUT2D eigenvalue weighted by Crippen LogP contribution is 2.19. The van der Waals surface area contributed by atoms with Crippen LogP contribution in [-0.2, 0) is 16.4 Å². The van der Waals surface area contributed by atoms with E-state index >= 15 is 0 Å². The Hall–Kier alpha value is -1.41. The van der Waals surface area contributed by atoms with E-state index in [4.69, 9.17) is 5.14 Å². The average molecular weight is 328 g/mol. The van der Waals surface area contributed by atoms with Gasteiger partial charge in [0.05, 0.1) is 5.75 Å². The Bertz CT molecular complexity index is 624. The van der Waals surface area contributed by atoms with E-state index < -0.39 is 10.0 Å². The topological polar surface area (TPSA) is 109 Å². The number of sulfonamides is 1. The van der Waals surface area contributed by atoms with Gasteiger partial charge in [-0.3, -0.25) is 9.89 Å². The van der Waals surface area contributed by atoms with Gasteiger partial charge in [0, 0.05) is 18.8 Å². The number of hydrogen-bond donors (Lipinski definition) is 2. The van der Waals surface area contributed by atoms with Crippen molar-refractivity contribution in [2.75, 3.05) is 18.8 Å². The first kappa shape index (κ1) is 17.0. The smallest absolute Gasteiger partial charge is 0.274 e. The summed E-state index contributed by atoms with van der Waals surface area (Å²) in [6.45, 7) is 5.25. The molecule has 1 fully saturated rings. The second-order valence-electron chi connectivity index (χ2n) is 6.47. The zero-order valence-corrected chi connectivity index (χ0v) is 13.9. The largest absolute Gasteiger partial charge is 0.337 e. The molecule has 1 atom stereocenters. The van der Waals surface area contributed by atoms with Crippen LogP contribution in [0.1, 0.15) is 42.9 Å². The molecule has 2 heterocycles. The first-order valence-corrected chi connectivity index (χ1v) is 9.30. The van der Waals surface area contributed by atoms with Gasteiger partial charge in [-0.15, -0.1) is 0 Å². The van der Waals surface area contributed by atoms with Crippen molar-refractivity contribution in [3.05, 3.63) is 17.5 Å². The Kier molecular flexibility index (Phi) is 5.23. The molecule has 22 heavy (non-hydrogen) atoms. The van der Waals surface area contributed by atoms with Crippen LogP contribution in [0.4, 0.5) is 0 Å². The highest BCUT2D eigenvalue weighted by molar-refractivity contribution is 7.89. The lowest BCUT2D eigenvalue weighted by molar-refractivity contribution is 0.0678. The molecule has 1 aromatic rings. The van der Waals surface area contributed by atoms with Gasteiger partial charge in [0.25, 0.3) is 5.91 Å². The maximum Gasteiger partial charge on any atom is 0.274 e. The van der Waals surface area contributed by atoms with Gasteiger partial charge in [-0.05, 0) is 37.2 Å². The summed E-state index contributed by atoms with van der Waals surface area (Å²) in [7, 11) is -3.51. The van der Waals surface area contributed by atoms with Crippen LogP contribution < -0.4 is 5.14 Å². The molecular weight excluding hydrogens is 304 g/mol. The lowest BCUT2D eigenvalue weighted by Crippen LogP contribution is -2.42. The van der Waals surface area contributed by atoms with E-state index in [2.05, 4.69) is 24.0 Å². The molecular formula is C14H24N4O3S. The number of aromatic amines is 1. The van der Waals surface area contributed by atoms with Crippen molar-refractivity contribution < 1.29 is 13.2 Å². The van der Waals surface area contributed by atoms with Crippen LogP contribution in [0.2, 0.25) is 0 Å². The number of likely N-dealkylation sites (tertiary alicyclic amines) is 1. The summed E-state index contributed by atoms with van der Waals surface area (Å²) in [5.41, 5.74) is 1.34. The predicted octanol–water partition coefficient (Wildman–Crippen LogP) is 0.749. The lowest BCUT2D eigenvalue weighted by atomic mass is 10.00. The molecule has 8 heteroatoms. The summed E-state index contributed by atoms with van der Waals surface area (Å²) >= 11 is 0. The van der Waals surface area contributed by atoms with E-state index in [1.54, 1.807) is 11.0 Å². The maximum absolute atomic E-state index is 12.5. The third-order valence-corrected chi connectivity index (χ3v) is 4.69. The minimum atomic E-state index is -3.51. The van der Waals surface area contributed by atoms with Crippen LogP contribution in [0, 0.1) is 11.8 Å². The molecule has 1 aliphatic heterocycles. The minimum Gasteiger partial charge on any atom is -0.337 e. The molecule has 0 radical (unpaired) electrons. The van der Waals surface area contributed by atoms with Crippen molar-refractivity contribution in [1.82, 2.24) is 15.1 Å². The number of nitrogens with zero attached hydrogens (tertiary/aromatic N) is 2. The molecule has 0 aliphatic carbocycles. The van der Waals surface area contributed by atoms with Gasteiger partial charge in [0.2, 0.25) is 10.0 Å². The number of rotatable bonds is 5. The molecule has 0 aromatic carbocycles. The first-order chi connectivity index (χ1) is 10.2. The minimum absolute atomic E-state index is 0.0735. The molecule has 0 bridgehead atoms. The number of carbonyl (C=O) groups is 1. The number of amides is 1. The third kappa shape index (κ3) is 4.81. The van der Waals surface area contributed by atoms with Crippen LogP contribution in [0.5, 0.6) is 0 Å². The summed E-state index contributed by atoms with van der Waals surface area (Å²) in [6, 6.07) is 1.78. The van der Waals surface area contributed by atoms with E-state index in [0.29, 0.717) is 24.7 Å². The maximum atomic E-state index is 12.5. The number of primary sulfonamides is 1. The van der Waals surface area contributed by atoms with Crippen LogP contribution in [-0.4, -0.2) is 48.3 Å². The summed E-state index contributed by atoms with van der Waals surface area (Å²) < 4.78 is 22.4. The Morgan fingerprint density at radius 2 is 2.27 bits per heavy atom. The first-order valence-electron chi connectivity index (χ1n) is 7.58. The fraction of sp³-hybridized carbons (Fsp3) is 0.714. The highest BCUT2D eigenvalue weighted by atomic mass is 32.2. The summed E-state index contributed by atoms with van der Waals surface area (Å²) in [5.74, 6) is 0.167. The zero-order chi connectivity index (χ0) is 16.3. The number of aromatic nitrogens is 2. The molecule has 3 N–H and O–H groups in total. The highest BCUT2D eigenvalue weighted by Gasteiger charge is 2.28. The molecule has 1 aromatic heterocycles. The molecule has 1 aliphatic rings. The quantitative estimate of drug-likeness (QED) is 0.831. The van der Waals surface area contributed by atoms with Crippen molar-refractivity contribution in [1.29, 1.82) is 0 Å². The van der Waals surface area contributed by atoms with E-state index in [9.17, 15) is 13.2 Å². The number of nitrogens with one attached hydrogen (secondary N) is 1. The molecule has 124 valence electrons. The third-order valence-electron chi connectivity index (χ3n) is 3.75. The zero-order valence-electron chi connectivity index (χ0n) is 13.1. The molecule has 1 saturated heterocycles. The van der Waals surface area contributed by atoms with Gasteiger partial charge in [-0.2, -0.15) is 5.10 Å². The lowest BCUT2D eigenvalue weighted by Gasteiger charge is -2.31. The van der Waals surface area contributed by atoms with Crippen molar-refractivity contribution >= 4 is 15.9 Å². The van der Waals surface area contributed by atoms with Crippen LogP contribution >= 0.6 is 0 Å². The number of carbonyl (C=O) groups excluding carboxylic acids is 1. The SMILES string of the molecule is CC(C)Cc1cc(C(=O)N2CCC[C@@H](CS(N)(=O)=O)C2)n[nH]1. The summed E-state index contributed by atoms with van der Waals surface area (Å²) in [5, 5.41) is 12.1. The molecule has 2 rings (SSSR count). The van der Waals surface area contributed by atoms with Crippen molar-refractivity contribution in [2.24, 2.45) is 17.0 Å². The standard InChI is InChI=1S/C14H24N4O3S/c1-10(2)6-12-7-13(17-16-12)14(19)18-5-3-4-11(8-18)9-22(15,20)21/h7,10-11H,3-6,8-9H2,1-2H3,(H,16,17)(H2,15,20,21)/t11-/m1/s1. The molecule has 0 saturated carbocycles. The average Bonchev–Trinajstić information content (AvgIpc) is 2.83. The Morgan fingerprint density at radius 1 is 1.55 bits per heavy atom. The van der Waals surface area contributed by atoms with E-state index in [1.165, 1.54) is 0 Å². The van der Waals surface area contributed by atoms with Crippen LogP contribution in [0.15, 0.2) is 6.07 Å². The predicted molar refractivity (Wildman–Crippen MR) is 83.7 cm³/mol. The van der Waals surface area contributed by atoms with E-state index in [-0.39, 0.29) is 17.6 Å². The number of H-pyrrole nitrogens is 1. The molecule has 1 amide bonds. The summed E-state index contributed by atoms with van der Waals surface area (Å²) in [6.07, 6.45) is 2.41. The van der Waals surface area contributed by atoms with Crippen molar-refractivity contribution in [2.45, 2.75) is 33.1 Å². The van der Waals surface area contributed by atoms with Crippen molar-refractivity contribution in [3.8, 4) is 0 Å². The van der Waals surface area contributed by atoms with Crippen molar-refractivity contribution in [3.63, 3.8) is 0 Å². The second kappa shape index (κ2) is 6.78. The number of nitrogens with two attached hydrogens (primary N) is 1. The van der Waals surface area contributed by atoms with Gasteiger partial charge in [-0.25, -0.2) is 13.6 Å². The fourth-order valence-corrected chi connectivity index (χ4v) is 3.82. The molecule has 0 unspecified atom stereocenters. The molecule has 7 nitrogen and oxygen atoms in total. The van der Waals surface area contributed by atoms with E-state index in [1.807, 2.05) is 0 Å². The fourth-order valence-electron chi connectivity index (χ4n) is 2.89. The van der Waals surface area contributed by atoms with Gasteiger partial charge < -0.3 is 4.90 Å². The Morgan fingerprint density at radius 3 is 2.91 bits per heavy atom.